The number of hydrogen-bond donors (Lipinski definition) is 1. The van der Waals surface area contributed by atoms with Gasteiger partial charge in [0, 0.05) is 6.61 Å². The number of ether oxygens (including phenoxy) is 2. The minimum Gasteiger partial charge on any atom is -0.459 e. The first-order chi connectivity index (χ1) is 6.49. The van der Waals surface area contributed by atoms with Gasteiger partial charge in [-0.1, -0.05) is 13.8 Å². The lowest BCUT2D eigenvalue weighted by atomic mass is 10.1. The molecule has 0 spiro atoms. The highest BCUT2D eigenvalue weighted by atomic mass is 16.6. The fraction of sp³-hybridized carbons (Fsp3) is 0.900. The highest BCUT2D eigenvalue weighted by Crippen LogP contribution is 2.03. The molecule has 0 aliphatic rings. The summed E-state index contributed by atoms with van der Waals surface area (Å²) < 4.78 is 10.2. The highest BCUT2D eigenvalue weighted by Gasteiger charge is 2.20. The summed E-state index contributed by atoms with van der Waals surface area (Å²) in [5.41, 5.74) is 5.62. The van der Waals surface area contributed by atoms with Crippen LogP contribution in [0.25, 0.3) is 0 Å². The van der Waals surface area contributed by atoms with Crippen LogP contribution in [0.2, 0.25) is 0 Å². The Bertz CT molecular complexity index is 171. The smallest absolute Gasteiger partial charge is 0.323 e. The summed E-state index contributed by atoms with van der Waals surface area (Å²) in [5.74, 6) is -0.256. The van der Waals surface area contributed by atoms with Crippen LogP contribution in [-0.4, -0.2) is 31.3 Å². The van der Waals surface area contributed by atoms with E-state index in [-0.39, 0.29) is 18.0 Å². The molecule has 0 heterocycles. The number of carbonyl (C=O) groups excluding carboxylic acids is 1. The van der Waals surface area contributed by atoms with Crippen LogP contribution in [0.3, 0.4) is 0 Å². The summed E-state index contributed by atoms with van der Waals surface area (Å²) in [5, 5.41) is 0. The summed E-state index contributed by atoms with van der Waals surface area (Å²) in [4.78, 5) is 11.4. The molecule has 0 bridgehead atoms. The van der Waals surface area contributed by atoms with Crippen LogP contribution in [0.15, 0.2) is 0 Å². The molecule has 0 saturated carbocycles. The topological polar surface area (TPSA) is 61.5 Å². The van der Waals surface area contributed by atoms with Gasteiger partial charge in [0.05, 0.1) is 6.61 Å². The quantitative estimate of drug-likeness (QED) is 0.652. The molecule has 84 valence electrons. The minimum absolute atomic E-state index is 0.0989. The predicted octanol–water partition coefficient (Wildman–Crippen LogP) is 0.938. The number of carbonyl (C=O) groups is 1. The number of hydrogen-bond acceptors (Lipinski definition) is 4. The lowest BCUT2D eigenvalue weighted by Crippen LogP contribution is -2.39. The second kappa shape index (κ2) is 6.79. The maximum absolute atomic E-state index is 11.4. The van der Waals surface area contributed by atoms with E-state index in [4.69, 9.17) is 15.2 Å². The average molecular weight is 203 g/mol. The van der Waals surface area contributed by atoms with Gasteiger partial charge in [0.2, 0.25) is 0 Å². The van der Waals surface area contributed by atoms with E-state index in [9.17, 15) is 4.79 Å². The molecule has 2 atom stereocenters. The van der Waals surface area contributed by atoms with Crippen molar-refractivity contribution in [1.82, 2.24) is 0 Å². The third-order valence-corrected chi connectivity index (χ3v) is 1.86. The van der Waals surface area contributed by atoms with Gasteiger partial charge in [0.15, 0.2) is 0 Å². The van der Waals surface area contributed by atoms with Crippen molar-refractivity contribution in [1.29, 1.82) is 0 Å². The van der Waals surface area contributed by atoms with E-state index in [0.717, 1.165) is 0 Å². The van der Waals surface area contributed by atoms with E-state index < -0.39 is 6.04 Å². The van der Waals surface area contributed by atoms with Crippen LogP contribution < -0.4 is 5.73 Å². The largest absolute Gasteiger partial charge is 0.459 e. The molecule has 4 heteroatoms. The van der Waals surface area contributed by atoms with Crippen molar-refractivity contribution in [2.45, 2.75) is 39.8 Å². The van der Waals surface area contributed by atoms with Gasteiger partial charge in [-0.05, 0) is 19.8 Å². The third kappa shape index (κ3) is 5.19. The number of rotatable bonds is 6. The fourth-order valence-corrected chi connectivity index (χ4v) is 0.867. The standard InChI is InChI=1S/C10H21NO3/c1-5-13-6-8(4)14-10(12)9(11)7(2)3/h7-9H,5-6,11H2,1-4H3/t8?,9-/m1/s1. The van der Waals surface area contributed by atoms with Crippen LogP contribution in [-0.2, 0) is 14.3 Å². The second-order valence-electron chi connectivity index (χ2n) is 3.68. The summed E-state index contributed by atoms with van der Waals surface area (Å²) in [6, 6.07) is -0.543. The van der Waals surface area contributed by atoms with E-state index in [2.05, 4.69) is 0 Å². The summed E-state index contributed by atoms with van der Waals surface area (Å²) in [6.07, 6.45) is -0.229. The van der Waals surface area contributed by atoms with Gasteiger partial charge in [-0.15, -0.1) is 0 Å². The van der Waals surface area contributed by atoms with Gasteiger partial charge in [0.25, 0.3) is 0 Å². The Morgan fingerprint density at radius 3 is 2.36 bits per heavy atom. The Hall–Kier alpha value is -0.610. The lowest BCUT2D eigenvalue weighted by molar-refractivity contribution is -0.153. The van der Waals surface area contributed by atoms with Crippen molar-refractivity contribution in [2.75, 3.05) is 13.2 Å². The molecule has 0 aliphatic heterocycles. The van der Waals surface area contributed by atoms with Crippen LogP contribution in [0, 0.1) is 5.92 Å². The van der Waals surface area contributed by atoms with Gasteiger partial charge >= 0.3 is 5.97 Å². The number of esters is 1. The van der Waals surface area contributed by atoms with Gasteiger partial charge in [-0.25, -0.2) is 0 Å². The molecular weight excluding hydrogens is 182 g/mol. The Kier molecular flexibility index (Phi) is 6.49. The van der Waals surface area contributed by atoms with Gasteiger partial charge in [0.1, 0.15) is 12.1 Å². The summed E-state index contributed by atoms with van der Waals surface area (Å²) in [6.45, 7) is 8.51. The maximum Gasteiger partial charge on any atom is 0.323 e. The zero-order chi connectivity index (χ0) is 11.1. The van der Waals surface area contributed by atoms with Crippen molar-refractivity contribution >= 4 is 5.97 Å². The van der Waals surface area contributed by atoms with E-state index >= 15 is 0 Å². The molecule has 0 aliphatic carbocycles. The third-order valence-electron chi connectivity index (χ3n) is 1.86. The Morgan fingerprint density at radius 1 is 1.36 bits per heavy atom. The molecule has 0 aromatic carbocycles. The molecule has 0 saturated heterocycles. The molecular formula is C10H21NO3. The van der Waals surface area contributed by atoms with Crippen molar-refractivity contribution in [3.8, 4) is 0 Å². The molecule has 0 aromatic heterocycles. The van der Waals surface area contributed by atoms with E-state index in [0.29, 0.717) is 13.2 Å². The molecule has 0 aromatic rings. The predicted molar refractivity (Wildman–Crippen MR) is 54.9 cm³/mol. The van der Waals surface area contributed by atoms with Gasteiger partial charge in [-0.2, -0.15) is 0 Å². The minimum atomic E-state index is -0.543. The van der Waals surface area contributed by atoms with Crippen molar-refractivity contribution in [3.63, 3.8) is 0 Å². The van der Waals surface area contributed by atoms with Crippen molar-refractivity contribution < 1.29 is 14.3 Å². The van der Waals surface area contributed by atoms with Crippen LogP contribution in [0.1, 0.15) is 27.7 Å². The van der Waals surface area contributed by atoms with E-state index in [1.54, 1.807) is 6.92 Å². The van der Waals surface area contributed by atoms with E-state index in [1.807, 2.05) is 20.8 Å². The lowest BCUT2D eigenvalue weighted by Gasteiger charge is -2.18. The van der Waals surface area contributed by atoms with Crippen molar-refractivity contribution in [3.05, 3.63) is 0 Å². The molecule has 0 amide bonds. The number of nitrogens with two attached hydrogens (primary N) is 1. The van der Waals surface area contributed by atoms with Crippen molar-refractivity contribution in [2.24, 2.45) is 11.7 Å². The molecule has 0 fully saturated rings. The molecule has 4 nitrogen and oxygen atoms in total. The van der Waals surface area contributed by atoms with Gasteiger partial charge in [-0.3, -0.25) is 4.79 Å². The van der Waals surface area contributed by atoms with E-state index in [1.165, 1.54) is 0 Å². The average Bonchev–Trinajstić information content (AvgIpc) is 2.13. The Balaban J connectivity index is 3.81. The molecule has 2 N–H and O–H groups in total. The summed E-state index contributed by atoms with van der Waals surface area (Å²) >= 11 is 0. The zero-order valence-electron chi connectivity index (χ0n) is 9.45. The molecule has 14 heavy (non-hydrogen) atoms. The Labute approximate surface area is 85.8 Å². The second-order valence-corrected chi connectivity index (χ2v) is 3.68. The highest BCUT2D eigenvalue weighted by molar-refractivity contribution is 5.75. The van der Waals surface area contributed by atoms with Crippen LogP contribution in [0.5, 0.6) is 0 Å². The molecule has 0 rings (SSSR count). The zero-order valence-corrected chi connectivity index (χ0v) is 9.45. The SMILES string of the molecule is CCOCC(C)OC(=O)[C@H](N)C(C)C. The van der Waals surface area contributed by atoms with Gasteiger partial charge < -0.3 is 15.2 Å². The monoisotopic (exact) mass is 203 g/mol. The normalized spacial score (nSPS) is 15.3. The fourth-order valence-electron chi connectivity index (χ4n) is 0.867. The molecule has 0 radical (unpaired) electrons. The first-order valence-electron chi connectivity index (χ1n) is 5.02. The first kappa shape index (κ1) is 13.4. The summed E-state index contributed by atoms with van der Waals surface area (Å²) in [7, 11) is 0. The first-order valence-corrected chi connectivity index (χ1v) is 5.02. The molecule has 1 unspecified atom stereocenters. The Morgan fingerprint density at radius 2 is 1.93 bits per heavy atom. The van der Waals surface area contributed by atoms with Crippen LogP contribution in [0.4, 0.5) is 0 Å². The maximum atomic E-state index is 11.4. The van der Waals surface area contributed by atoms with Crippen LogP contribution >= 0.6 is 0 Å².